The number of hydrogen-bond acceptors (Lipinski definition) is 7. The number of carbonyl (C=O) groups is 2. The number of aliphatic hydroxyl groups excluding tert-OH is 1. The van der Waals surface area contributed by atoms with Crippen LogP contribution >= 0.6 is 11.6 Å². The third-order valence-electron chi connectivity index (χ3n) is 9.04. The van der Waals surface area contributed by atoms with E-state index in [1.54, 1.807) is 0 Å². The third kappa shape index (κ3) is 10.1. The molecule has 2 aliphatic heterocycles. The van der Waals surface area contributed by atoms with Gasteiger partial charge in [0.05, 0.1) is 24.4 Å². The fraction of sp³-hybridized carbons (Fsp3) is 0.459. The normalized spacial score (nSPS) is 21.2. The first-order valence-electron chi connectivity index (χ1n) is 16.6. The van der Waals surface area contributed by atoms with Gasteiger partial charge in [-0.05, 0) is 66.6 Å². The molecule has 47 heavy (non-hydrogen) atoms. The molecule has 9 nitrogen and oxygen atoms in total. The zero-order valence-electron chi connectivity index (χ0n) is 27.0. The summed E-state index contributed by atoms with van der Waals surface area (Å²) in [5.74, 6) is -0.101. The van der Waals surface area contributed by atoms with Crippen LogP contribution in [0.3, 0.4) is 0 Å². The topological polar surface area (TPSA) is 120 Å². The molecule has 4 N–H and O–H groups in total. The maximum absolute atomic E-state index is 12.7. The Bertz CT molecular complexity index is 1460. The molecule has 0 saturated carbocycles. The quantitative estimate of drug-likeness (QED) is 0.166. The second kappa shape index (κ2) is 16.7. The molecule has 5 rings (SSSR count). The maximum Gasteiger partial charge on any atom is 0.224 e. The molecule has 3 atom stereocenters. The van der Waals surface area contributed by atoms with E-state index in [1.807, 2.05) is 72.8 Å². The van der Waals surface area contributed by atoms with Crippen molar-refractivity contribution in [3.63, 3.8) is 0 Å². The molecule has 0 radical (unpaired) electrons. The lowest BCUT2D eigenvalue weighted by molar-refractivity contribution is -0.253. The largest absolute Gasteiger partial charge is 0.392 e. The number of nitrogens with zero attached hydrogens (tertiary/aromatic N) is 1. The average molecular weight is 664 g/mol. The molecule has 3 aromatic carbocycles. The van der Waals surface area contributed by atoms with Gasteiger partial charge in [0, 0.05) is 62.2 Å². The fourth-order valence-electron chi connectivity index (χ4n) is 6.31. The van der Waals surface area contributed by atoms with Gasteiger partial charge in [-0.1, -0.05) is 66.6 Å². The number of ether oxygens (including phenoxy) is 2. The zero-order valence-corrected chi connectivity index (χ0v) is 27.8. The minimum atomic E-state index is -0.880. The maximum atomic E-state index is 12.7. The lowest BCUT2D eigenvalue weighted by atomic mass is 9.84. The predicted octanol–water partition coefficient (Wildman–Crippen LogP) is 6.00. The monoisotopic (exact) mass is 663 g/mol. The van der Waals surface area contributed by atoms with E-state index in [2.05, 4.69) is 15.5 Å². The minimum Gasteiger partial charge on any atom is -0.392 e. The summed E-state index contributed by atoms with van der Waals surface area (Å²) in [4.78, 5) is 26.0. The van der Waals surface area contributed by atoms with Gasteiger partial charge in [0.2, 0.25) is 11.8 Å². The number of unbranched alkanes of at least 4 members (excludes halogenated alkanes) is 2. The van der Waals surface area contributed by atoms with Crippen molar-refractivity contribution in [2.24, 2.45) is 0 Å². The molecule has 2 amide bonds. The van der Waals surface area contributed by atoms with Crippen LogP contribution in [0.5, 0.6) is 0 Å². The Morgan fingerprint density at radius 2 is 1.70 bits per heavy atom. The molecule has 2 saturated heterocycles. The molecule has 0 aromatic heterocycles. The van der Waals surface area contributed by atoms with Crippen LogP contribution in [-0.2, 0) is 31.3 Å². The number of rotatable bonds is 13. The van der Waals surface area contributed by atoms with E-state index < -0.39 is 11.9 Å². The van der Waals surface area contributed by atoms with Gasteiger partial charge in [-0.15, -0.1) is 0 Å². The molecular formula is C37H46ClN3O6. The van der Waals surface area contributed by atoms with E-state index in [0.717, 1.165) is 54.6 Å². The van der Waals surface area contributed by atoms with Crippen LogP contribution in [0.25, 0.3) is 0 Å². The van der Waals surface area contributed by atoms with E-state index in [9.17, 15) is 19.8 Å². The van der Waals surface area contributed by atoms with Crippen LogP contribution in [0.2, 0.25) is 5.02 Å². The Morgan fingerprint density at radius 3 is 2.40 bits per heavy atom. The molecule has 0 aliphatic carbocycles. The van der Waals surface area contributed by atoms with Crippen molar-refractivity contribution in [1.29, 1.82) is 0 Å². The Balaban J connectivity index is 1.22. The molecular weight excluding hydrogens is 618 g/mol. The third-order valence-corrected chi connectivity index (χ3v) is 9.29. The lowest BCUT2D eigenvalue weighted by Crippen LogP contribution is -2.46. The van der Waals surface area contributed by atoms with Gasteiger partial charge in [0.25, 0.3) is 0 Å². The van der Waals surface area contributed by atoms with E-state index in [-0.39, 0.29) is 30.6 Å². The van der Waals surface area contributed by atoms with Crippen molar-refractivity contribution in [1.82, 2.24) is 10.2 Å². The van der Waals surface area contributed by atoms with Gasteiger partial charge < -0.3 is 35.2 Å². The summed E-state index contributed by atoms with van der Waals surface area (Å²) in [6.45, 7) is 4.26. The van der Waals surface area contributed by atoms with Crippen LogP contribution in [-0.4, -0.2) is 59.2 Å². The van der Waals surface area contributed by atoms with E-state index >= 15 is 0 Å². The predicted molar refractivity (Wildman–Crippen MR) is 182 cm³/mol. The van der Waals surface area contributed by atoms with Crippen molar-refractivity contribution >= 4 is 29.1 Å². The van der Waals surface area contributed by atoms with Crippen LogP contribution < -0.4 is 10.6 Å². The fourth-order valence-corrected chi connectivity index (χ4v) is 6.44. The van der Waals surface area contributed by atoms with Crippen molar-refractivity contribution in [3.05, 3.63) is 100 Å². The first kappa shape index (κ1) is 35.0. The van der Waals surface area contributed by atoms with Crippen molar-refractivity contribution in [3.8, 4) is 0 Å². The van der Waals surface area contributed by atoms with Crippen LogP contribution in [0.4, 0.5) is 5.69 Å². The Labute approximate surface area is 282 Å². The van der Waals surface area contributed by atoms with Gasteiger partial charge in [-0.3, -0.25) is 9.59 Å². The summed E-state index contributed by atoms with van der Waals surface area (Å²) in [6, 6.07) is 22.9. The van der Waals surface area contributed by atoms with E-state index in [1.165, 1.54) is 6.92 Å². The highest BCUT2D eigenvalue weighted by Crippen LogP contribution is 2.40. The molecule has 2 aliphatic rings. The summed E-state index contributed by atoms with van der Waals surface area (Å²) in [5.41, 5.74) is 3.36. The second-order valence-corrected chi connectivity index (χ2v) is 13.1. The summed E-state index contributed by atoms with van der Waals surface area (Å²) >= 11 is 6.07. The van der Waals surface area contributed by atoms with Crippen LogP contribution in [0.1, 0.15) is 86.5 Å². The summed E-state index contributed by atoms with van der Waals surface area (Å²) in [7, 11) is 0. The van der Waals surface area contributed by atoms with Gasteiger partial charge in [0.15, 0.2) is 6.29 Å². The highest BCUT2D eigenvalue weighted by molar-refractivity contribution is 6.30. The average Bonchev–Trinajstić information content (AvgIpc) is 3.07. The van der Waals surface area contributed by atoms with Crippen LogP contribution in [0, 0.1) is 0 Å². The molecule has 2 heterocycles. The highest BCUT2D eigenvalue weighted by Gasteiger charge is 2.37. The number of hydrogen-bond donors (Lipinski definition) is 4. The van der Waals surface area contributed by atoms with Crippen molar-refractivity contribution in [2.75, 3.05) is 31.5 Å². The van der Waals surface area contributed by atoms with E-state index in [4.69, 9.17) is 21.1 Å². The number of aliphatic hydroxyl groups is 2. The van der Waals surface area contributed by atoms with E-state index in [0.29, 0.717) is 49.5 Å². The smallest absolute Gasteiger partial charge is 0.224 e. The molecule has 2 fully saturated rings. The first-order chi connectivity index (χ1) is 22.7. The molecule has 3 unspecified atom stereocenters. The SMILES string of the molecule is CC(=O)NCCCCCC(=O)Nc1cccc(C2OC(CN3CCC(O)(c4ccc(Cl)cc4)CC3)CC(c3ccc(CO)cc3)O2)c1. The number of benzene rings is 3. The second-order valence-electron chi connectivity index (χ2n) is 12.7. The standard InChI is InChI=1S/C37H46ClN3O6/c1-26(43)39-19-4-2-3-8-35(44)40-32-7-5-6-29(22-32)36-46-33(23-34(47-36)28-11-9-27(25-42)10-12-28)24-41-20-17-37(45,18-21-41)30-13-15-31(38)16-14-30/h5-7,9-16,22,33-34,36,42,45H,2-4,8,17-21,23-25H2,1H3,(H,39,43)(H,40,44). The van der Waals surface area contributed by atoms with Gasteiger partial charge >= 0.3 is 0 Å². The highest BCUT2D eigenvalue weighted by atomic mass is 35.5. The molecule has 0 bridgehead atoms. The van der Waals surface area contributed by atoms with Crippen molar-refractivity contribution in [2.45, 2.75) is 82.6 Å². The number of anilines is 1. The lowest BCUT2D eigenvalue weighted by Gasteiger charge is -2.42. The number of piperidine rings is 1. The number of likely N-dealkylation sites (tertiary alicyclic amines) is 1. The Kier molecular flexibility index (Phi) is 12.4. The first-order valence-corrected chi connectivity index (χ1v) is 16.9. The summed E-state index contributed by atoms with van der Waals surface area (Å²) in [5, 5.41) is 27.4. The van der Waals surface area contributed by atoms with Gasteiger partial charge in [-0.2, -0.15) is 0 Å². The van der Waals surface area contributed by atoms with Gasteiger partial charge in [-0.25, -0.2) is 0 Å². The van der Waals surface area contributed by atoms with Crippen molar-refractivity contribution < 1.29 is 29.3 Å². The molecule has 0 spiro atoms. The zero-order chi connectivity index (χ0) is 33.2. The van der Waals surface area contributed by atoms with Crippen LogP contribution in [0.15, 0.2) is 72.8 Å². The number of amides is 2. The summed E-state index contributed by atoms with van der Waals surface area (Å²) < 4.78 is 13.1. The van der Waals surface area contributed by atoms with Gasteiger partial charge in [0.1, 0.15) is 0 Å². The number of nitrogens with one attached hydrogen (secondary N) is 2. The Morgan fingerprint density at radius 1 is 0.957 bits per heavy atom. The minimum absolute atomic E-state index is 0.0208. The summed E-state index contributed by atoms with van der Waals surface area (Å²) in [6.07, 6.45) is 3.73. The Hall–Kier alpha value is -3.31. The molecule has 3 aromatic rings. The number of carbonyl (C=O) groups excluding carboxylic acids is 2. The molecule has 10 heteroatoms. The number of halogens is 1. The molecule has 252 valence electrons.